The van der Waals surface area contributed by atoms with Crippen molar-refractivity contribution in [1.29, 1.82) is 0 Å². The Morgan fingerprint density at radius 1 is 1.20 bits per heavy atom. The molecular formula is C21H29N3O5S. The molecule has 9 heteroatoms. The van der Waals surface area contributed by atoms with Crippen LogP contribution < -0.4 is 11.2 Å². The van der Waals surface area contributed by atoms with E-state index in [0.29, 0.717) is 37.6 Å². The summed E-state index contributed by atoms with van der Waals surface area (Å²) in [5.74, 6) is 0.00865. The number of aromatic nitrogens is 2. The molecular weight excluding hydrogens is 406 g/mol. The van der Waals surface area contributed by atoms with Gasteiger partial charge in [0.15, 0.2) is 0 Å². The van der Waals surface area contributed by atoms with Gasteiger partial charge in [-0.2, -0.15) is 0 Å². The van der Waals surface area contributed by atoms with Gasteiger partial charge in [-0.3, -0.25) is 19.1 Å². The van der Waals surface area contributed by atoms with Crippen LogP contribution in [-0.4, -0.2) is 59.5 Å². The van der Waals surface area contributed by atoms with E-state index in [1.165, 1.54) is 4.88 Å². The van der Waals surface area contributed by atoms with Crippen LogP contribution in [0.5, 0.6) is 0 Å². The van der Waals surface area contributed by atoms with E-state index in [0.717, 1.165) is 47.3 Å². The van der Waals surface area contributed by atoms with Gasteiger partial charge in [-0.1, -0.05) is 6.92 Å². The van der Waals surface area contributed by atoms with Crippen molar-refractivity contribution in [2.24, 2.45) is 5.92 Å². The van der Waals surface area contributed by atoms with Crippen LogP contribution in [-0.2, 0) is 40.2 Å². The summed E-state index contributed by atoms with van der Waals surface area (Å²) >= 11 is 1.57. The maximum absolute atomic E-state index is 13.3. The fourth-order valence-corrected chi connectivity index (χ4v) is 5.86. The SMILES string of the molecule is CCOC(=O)Cn1c(=O)c2c3c(sc2n(CCN2CCOCC2)c1=O)C[C@H](C)CC3. The van der Waals surface area contributed by atoms with Crippen molar-refractivity contribution in [3.8, 4) is 0 Å². The second kappa shape index (κ2) is 9.03. The third-order valence-electron chi connectivity index (χ3n) is 6.00. The molecule has 2 aromatic rings. The molecule has 1 aliphatic heterocycles. The summed E-state index contributed by atoms with van der Waals surface area (Å²) in [6.07, 6.45) is 2.81. The molecule has 2 aromatic heterocycles. The Bertz CT molecular complexity index is 1050. The van der Waals surface area contributed by atoms with Gasteiger partial charge < -0.3 is 9.47 Å². The molecule has 8 nitrogen and oxygen atoms in total. The van der Waals surface area contributed by atoms with Gasteiger partial charge in [0.25, 0.3) is 5.56 Å². The predicted molar refractivity (Wildman–Crippen MR) is 115 cm³/mol. The quantitative estimate of drug-likeness (QED) is 0.635. The maximum Gasteiger partial charge on any atom is 0.332 e. The zero-order valence-corrected chi connectivity index (χ0v) is 18.5. The molecule has 0 saturated carbocycles. The summed E-state index contributed by atoms with van der Waals surface area (Å²) in [5, 5.41) is 0.618. The summed E-state index contributed by atoms with van der Waals surface area (Å²) < 4.78 is 13.2. The van der Waals surface area contributed by atoms with Gasteiger partial charge in [-0.15, -0.1) is 11.3 Å². The molecule has 4 rings (SSSR count). The van der Waals surface area contributed by atoms with Crippen molar-refractivity contribution in [1.82, 2.24) is 14.0 Å². The number of carbonyl (C=O) groups excluding carboxylic acids is 1. The molecule has 0 unspecified atom stereocenters. The van der Waals surface area contributed by atoms with E-state index >= 15 is 0 Å². The number of carbonyl (C=O) groups is 1. The largest absolute Gasteiger partial charge is 0.465 e. The lowest BCUT2D eigenvalue weighted by Gasteiger charge is -2.26. The second-order valence-corrected chi connectivity index (χ2v) is 9.20. The van der Waals surface area contributed by atoms with Gasteiger partial charge in [0.1, 0.15) is 11.4 Å². The minimum atomic E-state index is -0.562. The molecule has 0 bridgehead atoms. The number of ether oxygens (including phenoxy) is 2. The zero-order chi connectivity index (χ0) is 21.3. The standard InChI is InChI=1S/C21H29N3O5S/c1-3-29-17(25)13-24-19(26)18-15-5-4-14(2)12-16(15)30-20(18)23(21(24)27)7-6-22-8-10-28-11-9-22/h14H,3-13H2,1-2H3/t14-/m1/s1. The molecule has 0 amide bonds. The van der Waals surface area contributed by atoms with Gasteiger partial charge in [-0.05, 0) is 37.7 Å². The fourth-order valence-electron chi connectivity index (χ4n) is 4.34. The third-order valence-corrected chi connectivity index (χ3v) is 7.27. The van der Waals surface area contributed by atoms with E-state index in [2.05, 4.69) is 11.8 Å². The Morgan fingerprint density at radius 2 is 1.97 bits per heavy atom. The highest BCUT2D eigenvalue weighted by Crippen LogP contribution is 2.36. The summed E-state index contributed by atoms with van der Waals surface area (Å²) in [6, 6.07) is 0. The van der Waals surface area contributed by atoms with Gasteiger partial charge >= 0.3 is 11.7 Å². The first-order chi connectivity index (χ1) is 14.5. The first-order valence-corrected chi connectivity index (χ1v) is 11.5. The molecule has 1 saturated heterocycles. The Hall–Kier alpha value is -1.97. The Balaban J connectivity index is 1.79. The van der Waals surface area contributed by atoms with E-state index in [1.54, 1.807) is 22.8 Å². The van der Waals surface area contributed by atoms with E-state index < -0.39 is 11.7 Å². The van der Waals surface area contributed by atoms with Crippen LogP contribution in [0.3, 0.4) is 0 Å². The van der Waals surface area contributed by atoms with Crippen LogP contribution in [0.1, 0.15) is 30.7 Å². The van der Waals surface area contributed by atoms with E-state index in [1.807, 2.05) is 0 Å². The number of fused-ring (bicyclic) bond motifs is 3. The molecule has 0 aromatic carbocycles. The van der Waals surface area contributed by atoms with E-state index in [9.17, 15) is 14.4 Å². The second-order valence-electron chi connectivity index (χ2n) is 8.12. The summed E-state index contributed by atoms with van der Waals surface area (Å²) in [5.41, 5.74) is 0.272. The van der Waals surface area contributed by atoms with Gasteiger partial charge in [0.2, 0.25) is 0 Å². The van der Waals surface area contributed by atoms with Gasteiger partial charge in [-0.25, -0.2) is 9.36 Å². The first kappa shape index (κ1) is 21.3. The Kier molecular flexibility index (Phi) is 6.40. The predicted octanol–water partition coefficient (Wildman–Crippen LogP) is 1.24. The number of hydrogen-bond acceptors (Lipinski definition) is 7. The fraction of sp³-hybridized carbons (Fsp3) is 0.667. The lowest BCUT2D eigenvalue weighted by molar-refractivity contribution is -0.143. The van der Waals surface area contributed by atoms with Crippen LogP contribution in [0.25, 0.3) is 10.2 Å². The highest BCUT2D eigenvalue weighted by atomic mass is 32.1. The molecule has 1 atom stereocenters. The minimum absolute atomic E-state index is 0.215. The van der Waals surface area contributed by atoms with Crippen molar-refractivity contribution in [3.63, 3.8) is 0 Å². The summed E-state index contributed by atoms with van der Waals surface area (Å²) in [7, 11) is 0. The van der Waals surface area contributed by atoms with Crippen molar-refractivity contribution in [2.45, 2.75) is 46.2 Å². The Labute approximate surface area is 179 Å². The molecule has 164 valence electrons. The molecule has 3 heterocycles. The smallest absolute Gasteiger partial charge is 0.332 e. The van der Waals surface area contributed by atoms with Crippen LogP contribution in [0.15, 0.2) is 9.59 Å². The number of esters is 1. The molecule has 0 N–H and O–H groups in total. The lowest BCUT2D eigenvalue weighted by atomic mass is 9.89. The highest BCUT2D eigenvalue weighted by Gasteiger charge is 2.26. The average molecular weight is 436 g/mol. The monoisotopic (exact) mass is 435 g/mol. The van der Waals surface area contributed by atoms with E-state index in [4.69, 9.17) is 9.47 Å². The van der Waals surface area contributed by atoms with Crippen LogP contribution >= 0.6 is 11.3 Å². The highest BCUT2D eigenvalue weighted by molar-refractivity contribution is 7.18. The van der Waals surface area contributed by atoms with Crippen LogP contribution in [0, 0.1) is 5.92 Å². The Morgan fingerprint density at radius 3 is 2.70 bits per heavy atom. The summed E-state index contributed by atoms with van der Waals surface area (Å²) in [4.78, 5) is 42.9. The number of thiophene rings is 1. The zero-order valence-electron chi connectivity index (χ0n) is 17.6. The van der Waals surface area contributed by atoms with Crippen molar-refractivity contribution < 1.29 is 14.3 Å². The topological polar surface area (TPSA) is 82.8 Å². The number of hydrogen-bond donors (Lipinski definition) is 0. The number of rotatable bonds is 6. The van der Waals surface area contributed by atoms with Gasteiger partial charge in [0.05, 0.1) is 25.2 Å². The first-order valence-electron chi connectivity index (χ1n) is 10.7. The van der Waals surface area contributed by atoms with Crippen molar-refractivity contribution in [3.05, 3.63) is 31.3 Å². The maximum atomic E-state index is 13.3. The molecule has 1 aliphatic carbocycles. The molecule has 0 radical (unpaired) electrons. The molecule has 2 aliphatic rings. The van der Waals surface area contributed by atoms with Gasteiger partial charge in [0, 0.05) is 31.1 Å². The number of nitrogens with zero attached hydrogens (tertiary/aromatic N) is 3. The van der Waals surface area contributed by atoms with Crippen molar-refractivity contribution in [2.75, 3.05) is 39.5 Å². The molecule has 1 fully saturated rings. The summed E-state index contributed by atoms with van der Waals surface area (Å²) in [6.45, 7) is 8.03. The third kappa shape index (κ3) is 4.10. The van der Waals surface area contributed by atoms with E-state index in [-0.39, 0.29) is 18.7 Å². The average Bonchev–Trinajstić information content (AvgIpc) is 3.10. The number of aryl methyl sites for hydroxylation is 1. The van der Waals surface area contributed by atoms with Crippen LogP contribution in [0.4, 0.5) is 0 Å². The lowest BCUT2D eigenvalue weighted by Crippen LogP contribution is -2.44. The van der Waals surface area contributed by atoms with Crippen molar-refractivity contribution >= 4 is 27.5 Å². The normalized spacial score (nSPS) is 19.7. The minimum Gasteiger partial charge on any atom is -0.465 e. The molecule has 0 spiro atoms. The molecule has 30 heavy (non-hydrogen) atoms. The number of morpholine rings is 1. The van der Waals surface area contributed by atoms with Crippen LogP contribution in [0.2, 0.25) is 0 Å².